The lowest BCUT2D eigenvalue weighted by Gasteiger charge is -2.32. The second kappa shape index (κ2) is 9.72. The maximum atomic E-state index is 12.9. The van der Waals surface area contributed by atoms with Gasteiger partial charge in [-0.2, -0.15) is 0 Å². The van der Waals surface area contributed by atoms with Crippen LogP contribution in [-0.2, 0) is 10.0 Å². The quantitative estimate of drug-likeness (QED) is 0.558. The summed E-state index contributed by atoms with van der Waals surface area (Å²) in [7, 11) is -3.77. The molecule has 4 rings (SSSR count). The highest BCUT2D eigenvalue weighted by atomic mass is 32.2. The molecular formula is C25H27N3O5S. The van der Waals surface area contributed by atoms with Gasteiger partial charge in [-0.05, 0) is 74.7 Å². The number of hydrogen-bond donors (Lipinski definition) is 2. The first kappa shape index (κ1) is 23.6. The highest BCUT2D eigenvalue weighted by Gasteiger charge is 2.26. The van der Waals surface area contributed by atoms with E-state index in [1.807, 2.05) is 19.1 Å². The van der Waals surface area contributed by atoms with Crippen LogP contribution >= 0.6 is 0 Å². The summed E-state index contributed by atoms with van der Waals surface area (Å²) in [5.74, 6) is 0.537. The number of para-hydroxylation sites is 1. The average molecular weight is 482 g/mol. The molecule has 0 atom stereocenters. The predicted octanol–water partition coefficient (Wildman–Crippen LogP) is 3.73. The van der Waals surface area contributed by atoms with Crippen LogP contribution in [0.4, 0.5) is 5.69 Å². The molecule has 2 aromatic carbocycles. The normalized spacial score (nSPS) is 14.6. The smallest absolute Gasteiger partial charge is 0.287 e. The van der Waals surface area contributed by atoms with Gasteiger partial charge in [0.2, 0.25) is 0 Å². The van der Waals surface area contributed by atoms with Gasteiger partial charge in [0.15, 0.2) is 5.76 Å². The molecule has 2 amide bonds. The lowest BCUT2D eigenvalue weighted by Crippen LogP contribution is -2.46. The second-order valence-electron chi connectivity index (χ2n) is 8.40. The lowest BCUT2D eigenvalue weighted by molar-refractivity contribution is 0.0695. The Kier molecular flexibility index (Phi) is 6.74. The van der Waals surface area contributed by atoms with E-state index in [9.17, 15) is 18.0 Å². The van der Waals surface area contributed by atoms with Crippen LogP contribution in [0.3, 0.4) is 0 Å². The van der Waals surface area contributed by atoms with Gasteiger partial charge in [-0.15, -0.1) is 0 Å². The molecule has 2 heterocycles. The van der Waals surface area contributed by atoms with Crippen molar-refractivity contribution in [2.24, 2.45) is 0 Å². The molecule has 0 bridgehead atoms. The number of carbonyl (C=O) groups excluding carboxylic acids is 2. The van der Waals surface area contributed by atoms with Crippen LogP contribution in [0.5, 0.6) is 0 Å². The molecule has 1 aliphatic heterocycles. The van der Waals surface area contributed by atoms with Crippen LogP contribution in [0.25, 0.3) is 0 Å². The SMILES string of the molecule is Cc1ccc(C(=O)NC2CCN(C(=O)c3ccc(S(=O)(=O)Nc4ccccc4C)cc3)CC2)o1. The van der Waals surface area contributed by atoms with Gasteiger partial charge in [-0.1, -0.05) is 18.2 Å². The third-order valence-electron chi connectivity index (χ3n) is 5.88. The summed E-state index contributed by atoms with van der Waals surface area (Å²) < 4.78 is 33.4. The zero-order valence-electron chi connectivity index (χ0n) is 19.1. The third kappa shape index (κ3) is 5.31. The van der Waals surface area contributed by atoms with Gasteiger partial charge in [0.25, 0.3) is 21.8 Å². The monoisotopic (exact) mass is 481 g/mol. The molecule has 0 saturated carbocycles. The van der Waals surface area contributed by atoms with E-state index >= 15 is 0 Å². The summed E-state index contributed by atoms with van der Waals surface area (Å²) in [4.78, 5) is 27.0. The van der Waals surface area contributed by atoms with Crippen LogP contribution in [-0.4, -0.2) is 44.3 Å². The number of piperidine rings is 1. The Labute approximate surface area is 199 Å². The van der Waals surface area contributed by atoms with Gasteiger partial charge >= 0.3 is 0 Å². The fraction of sp³-hybridized carbons (Fsp3) is 0.280. The molecule has 0 unspecified atom stereocenters. The molecule has 1 saturated heterocycles. The summed E-state index contributed by atoms with van der Waals surface area (Å²) in [5, 5.41) is 2.95. The minimum absolute atomic E-state index is 0.0398. The molecule has 0 aliphatic carbocycles. The molecule has 1 aliphatic rings. The van der Waals surface area contributed by atoms with Crippen LogP contribution in [0.1, 0.15) is 45.1 Å². The number of nitrogens with one attached hydrogen (secondary N) is 2. The summed E-state index contributed by atoms with van der Waals surface area (Å²) in [5.41, 5.74) is 1.75. The summed E-state index contributed by atoms with van der Waals surface area (Å²) >= 11 is 0. The number of anilines is 1. The first-order valence-corrected chi connectivity index (χ1v) is 12.6. The molecular weight excluding hydrogens is 454 g/mol. The largest absolute Gasteiger partial charge is 0.456 e. The van der Waals surface area contributed by atoms with Crippen LogP contribution in [0.2, 0.25) is 0 Å². The maximum Gasteiger partial charge on any atom is 0.287 e. The van der Waals surface area contributed by atoms with Crippen molar-refractivity contribution in [3.63, 3.8) is 0 Å². The number of hydrogen-bond acceptors (Lipinski definition) is 5. The summed E-state index contributed by atoms with van der Waals surface area (Å²) in [6.07, 6.45) is 1.26. The Morgan fingerprint density at radius 1 is 0.941 bits per heavy atom. The Balaban J connectivity index is 1.34. The Morgan fingerprint density at radius 3 is 2.24 bits per heavy atom. The van der Waals surface area contributed by atoms with Crippen molar-refractivity contribution < 1.29 is 22.4 Å². The molecule has 178 valence electrons. The van der Waals surface area contributed by atoms with Crippen molar-refractivity contribution >= 4 is 27.5 Å². The fourth-order valence-corrected chi connectivity index (χ4v) is 5.02. The average Bonchev–Trinajstić information content (AvgIpc) is 3.27. The second-order valence-corrected chi connectivity index (χ2v) is 10.1. The van der Waals surface area contributed by atoms with Gasteiger partial charge in [0.05, 0.1) is 10.6 Å². The topological polar surface area (TPSA) is 109 Å². The number of amides is 2. The zero-order valence-corrected chi connectivity index (χ0v) is 19.9. The first-order chi connectivity index (χ1) is 16.2. The van der Waals surface area contributed by atoms with Crippen molar-refractivity contribution in [3.8, 4) is 0 Å². The highest BCUT2D eigenvalue weighted by Crippen LogP contribution is 2.21. The van der Waals surface area contributed by atoms with E-state index in [0.717, 1.165) is 5.56 Å². The standard InChI is InChI=1S/C25H27N3O5S/c1-17-5-3-4-6-22(17)27-34(31,32)21-10-8-19(9-11-21)25(30)28-15-13-20(14-16-28)26-24(29)23-12-7-18(2)33-23/h3-12,20,27H,13-16H2,1-2H3,(H,26,29). The molecule has 34 heavy (non-hydrogen) atoms. The Hall–Kier alpha value is -3.59. The Bertz CT molecular complexity index is 1290. The predicted molar refractivity (Wildman–Crippen MR) is 128 cm³/mol. The molecule has 1 fully saturated rings. The molecule has 1 aromatic heterocycles. The molecule has 3 aromatic rings. The molecule has 9 heteroatoms. The maximum absolute atomic E-state index is 12.9. The fourth-order valence-electron chi connectivity index (χ4n) is 3.89. The Morgan fingerprint density at radius 2 is 1.62 bits per heavy atom. The summed E-state index contributed by atoms with van der Waals surface area (Å²) in [6.45, 7) is 4.60. The number of sulfonamides is 1. The number of benzene rings is 2. The number of aryl methyl sites for hydroxylation is 2. The van der Waals surface area contributed by atoms with Gasteiger partial charge in [0.1, 0.15) is 5.76 Å². The summed E-state index contributed by atoms with van der Waals surface area (Å²) in [6, 6.07) is 16.4. The van der Waals surface area contributed by atoms with E-state index in [1.165, 1.54) is 24.3 Å². The van der Waals surface area contributed by atoms with Gasteiger partial charge in [-0.3, -0.25) is 14.3 Å². The number of likely N-dealkylation sites (tertiary alicyclic amines) is 1. The van der Waals surface area contributed by atoms with Gasteiger partial charge in [-0.25, -0.2) is 8.42 Å². The third-order valence-corrected chi connectivity index (χ3v) is 7.26. The zero-order chi connectivity index (χ0) is 24.3. The van der Waals surface area contributed by atoms with Crippen molar-refractivity contribution in [2.45, 2.75) is 37.6 Å². The van der Waals surface area contributed by atoms with E-state index in [1.54, 1.807) is 36.1 Å². The lowest BCUT2D eigenvalue weighted by atomic mass is 10.0. The number of furan rings is 1. The van der Waals surface area contributed by atoms with E-state index in [-0.39, 0.29) is 28.5 Å². The molecule has 8 nitrogen and oxygen atoms in total. The van der Waals surface area contributed by atoms with Crippen molar-refractivity contribution in [3.05, 3.63) is 83.3 Å². The van der Waals surface area contributed by atoms with Crippen molar-refractivity contribution in [1.82, 2.24) is 10.2 Å². The highest BCUT2D eigenvalue weighted by molar-refractivity contribution is 7.92. The van der Waals surface area contributed by atoms with E-state index < -0.39 is 10.0 Å². The molecule has 0 radical (unpaired) electrons. The van der Waals surface area contributed by atoms with Crippen LogP contribution in [0, 0.1) is 13.8 Å². The first-order valence-electron chi connectivity index (χ1n) is 11.1. The van der Waals surface area contributed by atoms with Crippen LogP contribution in [0.15, 0.2) is 70.0 Å². The van der Waals surface area contributed by atoms with E-state index in [0.29, 0.717) is 42.9 Å². The van der Waals surface area contributed by atoms with Gasteiger partial charge in [0, 0.05) is 24.7 Å². The minimum atomic E-state index is -3.77. The molecule has 2 N–H and O–H groups in total. The van der Waals surface area contributed by atoms with E-state index in [2.05, 4.69) is 10.0 Å². The number of carbonyl (C=O) groups is 2. The number of nitrogens with zero attached hydrogens (tertiary/aromatic N) is 1. The number of rotatable bonds is 6. The van der Waals surface area contributed by atoms with E-state index in [4.69, 9.17) is 4.42 Å². The van der Waals surface area contributed by atoms with Crippen LogP contribution < -0.4 is 10.0 Å². The van der Waals surface area contributed by atoms with Crippen molar-refractivity contribution in [1.29, 1.82) is 0 Å². The minimum Gasteiger partial charge on any atom is -0.456 e. The van der Waals surface area contributed by atoms with Crippen molar-refractivity contribution in [2.75, 3.05) is 17.8 Å². The molecule has 0 spiro atoms. The van der Waals surface area contributed by atoms with Gasteiger partial charge < -0.3 is 14.6 Å².